The lowest BCUT2D eigenvalue weighted by Crippen LogP contribution is -2.29. The van der Waals surface area contributed by atoms with Gasteiger partial charge in [0, 0.05) is 15.8 Å². The van der Waals surface area contributed by atoms with Gasteiger partial charge in [-0.05, 0) is 48.5 Å². The second kappa shape index (κ2) is 5.58. The van der Waals surface area contributed by atoms with Gasteiger partial charge in [0.1, 0.15) is 17.8 Å². The number of nitrogen functional groups attached to an aromatic ring is 1. The standard InChI is InChI=1S/C11H14IN5.ClH/c12-8-5-17(7-1-3-14-4-2-7)11-9(8)10(13)15-6-16-11;/h5-7,14H,1-4H2,(H2,13,15,16);1H. The minimum absolute atomic E-state index is 0. The fourth-order valence-corrected chi connectivity index (χ4v) is 3.24. The van der Waals surface area contributed by atoms with Crippen LogP contribution in [0.4, 0.5) is 5.82 Å². The lowest BCUT2D eigenvalue weighted by Gasteiger charge is -2.24. The minimum atomic E-state index is 0. The molecule has 1 aliphatic heterocycles. The fourth-order valence-electron chi connectivity index (χ4n) is 2.43. The van der Waals surface area contributed by atoms with E-state index < -0.39 is 0 Å². The number of nitrogens with zero attached hydrogens (tertiary/aromatic N) is 3. The summed E-state index contributed by atoms with van der Waals surface area (Å²) in [5.41, 5.74) is 6.88. The van der Waals surface area contributed by atoms with E-state index in [4.69, 9.17) is 5.73 Å². The molecule has 1 aliphatic rings. The molecule has 3 rings (SSSR count). The quantitative estimate of drug-likeness (QED) is 0.743. The summed E-state index contributed by atoms with van der Waals surface area (Å²) in [7, 11) is 0. The van der Waals surface area contributed by atoms with Gasteiger partial charge in [0.05, 0.1) is 5.39 Å². The van der Waals surface area contributed by atoms with Crippen LogP contribution in [-0.4, -0.2) is 27.6 Å². The molecule has 2 aromatic rings. The van der Waals surface area contributed by atoms with Crippen molar-refractivity contribution >= 4 is 51.8 Å². The summed E-state index contributed by atoms with van der Waals surface area (Å²) in [6.45, 7) is 2.14. The Hall–Kier alpha value is -0.600. The van der Waals surface area contributed by atoms with Crippen LogP contribution in [0.25, 0.3) is 11.0 Å². The van der Waals surface area contributed by atoms with Gasteiger partial charge >= 0.3 is 0 Å². The summed E-state index contributed by atoms with van der Waals surface area (Å²) in [4.78, 5) is 8.45. The van der Waals surface area contributed by atoms with Crippen LogP contribution in [0.2, 0.25) is 0 Å². The van der Waals surface area contributed by atoms with Gasteiger partial charge < -0.3 is 15.6 Å². The van der Waals surface area contributed by atoms with Crippen molar-refractivity contribution in [1.29, 1.82) is 0 Å². The van der Waals surface area contributed by atoms with Crippen LogP contribution in [0, 0.1) is 3.57 Å². The SMILES string of the molecule is Cl.Nc1ncnc2c1c(I)cn2C1CCNCC1. The first-order valence-corrected chi connectivity index (χ1v) is 6.82. The van der Waals surface area contributed by atoms with E-state index in [0.717, 1.165) is 40.5 Å². The monoisotopic (exact) mass is 379 g/mol. The smallest absolute Gasteiger partial charge is 0.146 e. The van der Waals surface area contributed by atoms with E-state index in [1.807, 2.05) is 0 Å². The zero-order chi connectivity index (χ0) is 11.8. The summed E-state index contributed by atoms with van der Waals surface area (Å²) >= 11 is 2.30. The van der Waals surface area contributed by atoms with Crippen LogP contribution in [-0.2, 0) is 0 Å². The topological polar surface area (TPSA) is 68.8 Å². The summed E-state index contributed by atoms with van der Waals surface area (Å²) in [5.74, 6) is 0.576. The number of rotatable bonds is 1. The second-order valence-electron chi connectivity index (χ2n) is 4.32. The highest BCUT2D eigenvalue weighted by atomic mass is 127. The van der Waals surface area contributed by atoms with Gasteiger partial charge in [-0.3, -0.25) is 0 Å². The molecule has 5 nitrogen and oxygen atoms in total. The van der Waals surface area contributed by atoms with Crippen LogP contribution >= 0.6 is 35.0 Å². The van der Waals surface area contributed by atoms with Gasteiger partial charge in [0.25, 0.3) is 0 Å². The average Bonchev–Trinajstić information content (AvgIpc) is 2.69. The first kappa shape index (κ1) is 13.8. The molecular formula is C11H15ClIN5. The molecule has 18 heavy (non-hydrogen) atoms. The van der Waals surface area contributed by atoms with E-state index in [-0.39, 0.29) is 12.4 Å². The maximum absolute atomic E-state index is 5.92. The Morgan fingerprint density at radius 3 is 2.78 bits per heavy atom. The van der Waals surface area contributed by atoms with Gasteiger partial charge in [-0.15, -0.1) is 12.4 Å². The van der Waals surface area contributed by atoms with Crippen molar-refractivity contribution in [1.82, 2.24) is 19.9 Å². The van der Waals surface area contributed by atoms with Crippen molar-refractivity contribution in [2.24, 2.45) is 0 Å². The first-order chi connectivity index (χ1) is 8.27. The molecule has 0 saturated carbocycles. The molecule has 0 aromatic carbocycles. The number of hydrogen-bond acceptors (Lipinski definition) is 4. The number of nitrogens with two attached hydrogens (primary N) is 1. The van der Waals surface area contributed by atoms with Crippen LogP contribution in [0.5, 0.6) is 0 Å². The molecule has 0 spiro atoms. The van der Waals surface area contributed by atoms with E-state index in [0.29, 0.717) is 11.9 Å². The van der Waals surface area contributed by atoms with Crippen LogP contribution in [0.15, 0.2) is 12.5 Å². The van der Waals surface area contributed by atoms with Crippen molar-refractivity contribution in [3.8, 4) is 0 Å². The van der Waals surface area contributed by atoms with Crippen molar-refractivity contribution in [3.63, 3.8) is 0 Å². The number of halogens is 2. The Kier molecular flexibility index (Phi) is 4.29. The van der Waals surface area contributed by atoms with Crippen LogP contribution in [0.3, 0.4) is 0 Å². The number of hydrogen-bond donors (Lipinski definition) is 2. The van der Waals surface area contributed by atoms with E-state index in [9.17, 15) is 0 Å². The Morgan fingerprint density at radius 1 is 1.33 bits per heavy atom. The number of piperidine rings is 1. The number of aromatic nitrogens is 3. The largest absolute Gasteiger partial charge is 0.383 e. The highest BCUT2D eigenvalue weighted by molar-refractivity contribution is 14.1. The normalized spacial score (nSPS) is 16.7. The zero-order valence-corrected chi connectivity index (χ0v) is 12.7. The molecule has 0 aliphatic carbocycles. The lowest BCUT2D eigenvalue weighted by molar-refractivity contribution is 0.374. The van der Waals surface area contributed by atoms with E-state index in [1.54, 1.807) is 6.33 Å². The summed E-state index contributed by atoms with van der Waals surface area (Å²) in [6.07, 6.45) is 5.98. The average molecular weight is 380 g/mol. The highest BCUT2D eigenvalue weighted by Gasteiger charge is 2.19. The molecule has 0 amide bonds. The van der Waals surface area contributed by atoms with Crippen LogP contribution < -0.4 is 11.1 Å². The van der Waals surface area contributed by atoms with Gasteiger partial charge in [-0.2, -0.15) is 0 Å². The predicted octanol–water partition coefficient (Wildman–Crippen LogP) is 1.96. The Labute approximate surface area is 125 Å². The highest BCUT2D eigenvalue weighted by Crippen LogP contribution is 2.30. The Morgan fingerprint density at radius 2 is 2.06 bits per heavy atom. The van der Waals surface area contributed by atoms with Crippen molar-refractivity contribution in [2.75, 3.05) is 18.8 Å². The molecule has 98 valence electrons. The number of fused-ring (bicyclic) bond motifs is 1. The van der Waals surface area contributed by atoms with Crippen molar-refractivity contribution < 1.29 is 0 Å². The molecular weight excluding hydrogens is 365 g/mol. The zero-order valence-electron chi connectivity index (χ0n) is 9.77. The maximum Gasteiger partial charge on any atom is 0.146 e. The third-order valence-corrected chi connectivity index (χ3v) is 4.11. The van der Waals surface area contributed by atoms with Gasteiger partial charge in [0.2, 0.25) is 0 Å². The van der Waals surface area contributed by atoms with E-state index >= 15 is 0 Å². The molecule has 1 saturated heterocycles. The summed E-state index contributed by atoms with van der Waals surface area (Å²) in [5, 5.41) is 4.37. The molecule has 2 aromatic heterocycles. The predicted molar refractivity (Wildman–Crippen MR) is 83.0 cm³/mol. The Balaban J connectivity index is 0.00000120. The fraction of sp³-hybridized carbons (Fsp3) is 0.455. The maximum atomic E-state index is 5.92. The Bertz CT molecular complexity index is 550. The molecule has 0 radical (unpaired) electrons. The molecule has 1 fully saturated rings. The van der Waals surface area contributed by atoms with Crippen molar-refractivity contribution in [2.45, 2.75) is 18.9 Å². The molecule has 0 bridgehead atoms. The van der Waals surface area contributed by atoms with Crippen molar-refractivity contribution in [3.05, 3.63) is 16.1 Å². The lowest BCUT2D eigenvalue weighted by atomic mass is 10.1. The minimum Gasteiger partial charge on any atom is -0.383 e. The summed E-state index contributed by atoms with van der Waals surface area (Å²) < 4.78 is 3.39. The van der Waals surface area contributed by atoms with E-state index in [1.165, 1.54) is 0 Å². The number of nitrogens with one attached hydrogen (secondary N) is 1. The molecule has 0 atom stereocenters. The van der Waals surface area contributed by atoms with Gasteiger partial charge in [-0.25, -0.2) is 9.97 Å². The molecule has 3 heterocycles. The number of anilines is 1. The summed E-state index contributed by atoms with van der Waals surface area (Å²) in [6, 6.07) is 0.525. The third-order valence-electron chi connectivity index (χ3n) is 3.29. The van der Waals surface area contributed by atoms with E-state index in [2.05, 4.69) is 48.6 Å². The molecule has 0 unspecified atom stereocenters. The van der Waals surface area contributed by atoms with Crippen LogP contribution in [0.1, 0.15) is 18.9 Å². The third kappa shape index (κ3) is 2.28. The second-order valence-corrected chi connectivity index (χ2v) is 5.49. The first-order valence-electron chi connectivity index (χ1n) is 5.74. The molecule has 3 N–H and O–H groups in total. The molecule has 7 heteroatoms. The van der Waals surface area contributed by atoms with Gasteiger partial charge in [0.15, 0.2) is 0 Å². The van der Waals surface area contributed by atoms with Gasteiger partial charge in [-0.1, -0.05) is 0 Å².